The molecule has 0 bridgehead atoms. The van der Waals surface area contributed by atoms with Gasteiger partial charge in [-0.15, -0.1) is 0 Å². The van der Waals surface area contributed by atoms with Gasteiger partial charge in [-0.05, 0) is 52.0 Å². The van der Waals surface area contributed by atoms with Crippen LogP contribution < -0.4 is 15.4 Å². The highest BCUT2D eigenvalue weighted by Gasteiger charge is 2.27. The molecule has 1 aliphatic rings. The predicted molar refractivity (Wildman–Crippen MR) is 151 cm³/mol. The number of carbonyl (C=O) groups is 2. The number of aryl methyl sites for hydroxylation is 2. The maximum absolute atomic E-state index is 14.9. The number of para-hydroxylation sites is 1. The van der Waals surface area contributed by atoms with Crippen LogP contribution in [0.2, 0.25) is 0 Å². The minimum absolute atomic E-state index is 0.0214. The van der Waals surface area contributed by atoms with Gasteiger partial charge in [-0.2, -0.15) is 5.10 Å². The lowest BCUT2D eigenvalue weighted by atomic mass is 10.0. The number of nitrogens with zero attached hydrogens (tertiary/aromatic N) is 4. The molecule has 11 heteroatoms. The molecule has 2 N–H and O–H groups in total. The molecule has 0 spiro atoms. The predicted octanol–water partition coefficient (Wildman–Crippen LogP) is 4.77. The highest BCUT2D eigenvalue weighted by atomic mass is 19.1. The fraction of sp³-hybridized carbons (Fsp3) is 0.367. The number of carbonyl (C=O) groups excluding carboxylic acids is 2. The molecular formula is C30H33FN6O4. The number of hydrogen-bond donors (Lipinski definition) is 2. The first kappa shape index (κ1) is 28.2. The number of rotatable bonds is 7. The van der Waals surface area contributed by atoms with Crippen molar-refractivity contribution in [2.75, 3.05) is 5.32 Å². The van der Waals surface area contributed by atoms with E-state index in [9.17, 15) is 14.0 Å². The zero-order chi connectivity index (χ0) is 29.3. The molecule has 1 unspecified atom stereocenters. The normalized spacial score (nSPS) is 18.7. The molecule has 5 rings (SSSR count). The molecular weight excluding hydrogens is 527 g/mol. The monoisotopic (exact) mass is 560 g/mol. The minimum atomic E-state index is -0.471. The van der Waals surface area contributed by atoms with Gasteiger partial charge in [0.1, 0.15) is 6.10 Å². The summed E-state index contributed by atoms with van der Waals surface area (Å²) in [4.78, 5) is 33.7. The van der Waals surface area contributed by atoms with Gasteiger partial charge in [0, 0.05) is 43.1 Å². The lowest BCUT2D eigenvalue weighted by Crippen LogP contribution is -2.36. The summed E-state index contributed by atoms with van der Waals surface area (Å²) in [6.07, 6.45) is 2.80. The van der Waals surface area contributed by atoms with Crippen LogP contribution in [0.1, 0.15) is 60.9 Å². The van der Waals surface area contributed by atoms with Crippen molar-refractivity contribution in [1.29, 1.82) is 0 Å². The molecule has 2 amide bonds. The standard InChI is InChI=1S/C30H33FN6O4/c1-16-11-22(12-17(2)40-16)41-29-21(7-6-8-25(29)31)14-32-30(39)24-13-23(18(3)33-19(24)4)26-9-10-28-35-27(34-20(5)38)15-37(28)36-26/h6-10,13,15-17,22H,11-12,14H2,1-5H3,(H,32,39)(H,34,38)/t16-,17+,22?. The molecule has 4 heterocycles. The molecule has 0 saturated carbocycles. The number of ether oxygens (including phenoxy) is 2. The summed E-state index contributed by atoms with van der Waals surface area (Å²) in [7, 11) is 0. The smallest absolute Gasteiger partial charge is 0.253 e. The quantitative estimate of drug-likeness (QED) is 0.334. The van der Waals surface area contributed by atoms with Gasteiger partial charge in [-0.25, -0.2) is 13.9 Å². The SMILES string of the molecule is CC(=O)Nc1cn2nc(-c3cc(C(=O)NCc4cccc(F)c4OC4C[C@@H](C)O[C@@H](C)C4)c(C)nc3C)ccc2n1. The molecule has 1 fully saturated rings. The summed E-state index contributed by atoms with van der Waals surface area (Å²) in [5, 5.41) is 10.2. The van der Waals surface area contributed by atoms with Crippen molar-refractivity contribution >= 4 is 23.3 Å². The van der Waals surface area contributed by atoms with E-state index < -0.39 is 5.82 Å². The Hall–Kier alpha value is -4.38. The van der Waals surface area contributed by atoms with Crippen molar-refractivity contribution < 1.29 is 23.5 Å². The van der Waals surface area contributed by atoms with Gasteiger partial charge >= 0.3 is 0 Å². The summed E-state index contributed by atoms with van der Waals surface area (Å²) in [5.41, 5.74) is 4.01. The molecule has 1 saturated heterocycles. The number of amides is 2. The van der Waals surface area contributed by atoms with Crippen molar-refractivity contribution in [2.24, 2.45) is 0 Å². The second-order valence-electron chi connectivity index (χ2n) is 10.5. The first-order valence-corrected chi connectivity index (χ1v) is 13.6. The highest BCUT2D eigenvalue weighted by Crippen LogP contribution is 2.29. The van der Waals surface area contributed by atoms with Crippen LogP contribution in [0.5, 0.6) is 5.75 Å². The van der Waals surface area contributed by atoms with E-state index in [4.69, 9.17) is 9.47 Å². The molecule has 214 valence electrons. The summed E-state index contributed by atoms with van der Waals surface area (Å²) >= 11 is 0. The fourth-order valence-corrected chi connectivity index (χ4v) is 5.18. The Balaban J connectivity index is 1.36. The van der Waals surface area contributed by atoms with E-state index in [1.165, 1.54) is 13.0 Å². The van der Waals surface area contributed by atoms with Crippen LogP contribution in [0.3, 0.4) is 0 Å². The van der Waals surface area contributed by atoms with Crippen LogP contribution in [0.25, 0.3) is 16.9 Å². The average Bonchev–Trinajstić information content (AvgIpc) is 3.29. The molecule has 10 nitrogen and oxygen atoms in total. The van der Waals surface area contributed by atoms with E-state index in [2.05, 4.69) is 25.7 Å². The number of benzene rings is 1. The van der Waals surface area contributed by atoms with Gasteiger partial charge in [0.05, 0.1) is 35.4 Å². The molecule has 0 aliphatic carbocycles. The van der Waals surface area contributed by atoms with Crippen LogP contribution in [-0.2, 0) is 16.1 Å². The largest absolute Gasteiger partial charge is 0.487 e. The van der Waals surface area contributed by atoms with Gasteiger partial charge in [0.15, 0.2) is 23.0 Å². The van der Waals surface area contributed by atoms with E-state index in [1.54, 1.807) is 48.0 Å². The van der Waals surface area contributed by atoms with Gasteiger partial charge in [0.25, 0.3) is 5.91 Å². The van der Waals surface area contributed by atoms with Crippen LogP contribution in [-0.4, -0.2) is 49.7 Å². The number of fused-ring (bicyclic) bond motifs is 1. The number of imidazole rings is 1. The average molecular weight is 561 g/mol. The van der Waals surface area contributed by atoms with Crippen molar-refractivity contribution in [3.8, 4) is 17.0 Å². The number of pyridine rings is 1. The van der Waals surface area contributed by atoms with E-state index >= 15 is 0 Å². The molecule has 41 heavy (non-hydrogen) atoms. The third kappa shape index (κ3) is 6.35. The summed E-state index contributed by atoms with van der Waals surface area (Å²) < 4.78 is 28.3. The first-order chi connectivity index (χ1) is 19.6. The maximum atomic E-state index is 14.9. The second-order valence-corrected chi connectivity index (χ2v) is 10.5. The number of anilines is 1. The van der Waals surface area contributed by atoms with Crippen molar-refractivity contribution in [2.45, 2.75) is 72.3 Å². The van der Waals surface area contributed by atoms with Gasteiger partial charge in [-0.3, -0.25) is 14.6 Å². The lowest BCUT2D eigenvalue weighted by Gasteiger charge is -2.32. The van der Waals surface area contributed by atoms with Crippen molar-refractivity contribution in [3.05, 3.63) is 70.9 Å². The van der Waals surface area contributed by atoms with E-state index in [1.807, 2.05) is 20.8 Å². The van der Waals surface area contributed by atoms with E-state index in [-0.39, 0.29) is 42.4 Å². The Bertz CT molecular complexity index is 1610. The van der Waals surface area contributed by atoms with Gasteiger partial charge < -0.3 is 20.1 Å². The summed E-state index contributed by atoms with van der Waals surface area (Å²) in [6, 6.07) is 10.0. The highest BCUT2D eigenvalue weighted by molar-refractivity contribution is 5.96. The minimum Gasteiger partial charge on any atom is -0.487 e. The van der Waals surface area contributed by atoms with Crippen LogP contribution in [0.15, 0.2) is 42.6 Å². The molecule has 0 radical (unpaired) electrons. The summed E-state index contributed by atoms with van der Waals surface area (Å²) in [6.45, 7) is 9.06. The van der Waals surface area contributed by atoms with Crippen molar-refractivity contribution in [3.63, 3.8) is 0 Å². The number of hydrogen-bond acceptors (Lipinski definition) is 7. The number of aromatic nitrogens is 4. The van der Waals surface area contributed by atoms with Gasteiger partial charge in [0.2, 0.25) is 5.91 Å². The molecule has 3 aromatic heterocycles. The maximum Gasteiger partial charge on any atom is 0.253 e. The van der Waals surface area contributed by atoms with Crippen LogP contribution in [0, 0.1) is 19.7 Å². The second kappa shape index (κ2) is 11.6. The van der Waals surface area contributed by atoms with Crippen molar-refractivity contribution in [1.82, 2.24) is 24.9 Å². The fourth-order valence-electron chi connectivity index (χ4n) is 5.18. The Morgan fingerprint density at radius 1 is 1.10 bits per heavy atom. The summed E-state index contributed by atoms with van der Waals surface area (Å²) in [5.74, 6) is -0.511. The zero-order valence-corrected chi connectivity index (χ0v) is 23.7. The Morgan fingerprint density at radius 2 is 1.85 bits per heavy atom. The third-order valence-electron chi connectivity index (χ3n) is 6.98. The molecule has 3 atom stereocenters. The Kier molecular flexibility index (Phi) is 7.98. The van der Waals surface area contributed by atoms with Gasteiger partial charge in [-0.1, -0.05) is 12.1 Å². The van der Waals surface area contributed by atoms with E-state index in [0.717, 1.165) is 0 Å². The Morgan fingerprint density at radius 3 is 2.59 bits per heavy atom. The number of nitrogens with one attached hydrogen (secondary N) is 2. The lowest BCUT2D eigenvalue weighted by molar-refractivity contribution is -0.114. The zero-order valence-electron chi connectivity index (χ0n) is 23.7. The van der Waals surface area contributed by atoms with Crippen LogP contribution in [0.4, 0.5) is 10.2 Å². The van der Waals surface area contributed by atoms with Crippen LogP contribution >= 0.6 is 0 Å². The van der Waals surface area contributed by atoms with E-state index in [0.29, 0.717) is 58.1 Å². The third-order valence-corrected chi connectivity index (χ3v) is 6.98. The topological polar surface area (TPSA) is 120 Å². The number of halogens is 1. The molecule has 1 aliphatic heterocycles. The molecule has 4 aromatic rings. The first-order valence-electron chi connectivity index (χ1n) is 13.6. The Labute approximate surface area is 237 Å². The molecule has 1 aromatic carbocycles.